The molecule has 9 heteroatoms. The van der Waals surface area contributed by atoms with Gasteiger partial charge < -0.3 is 25.0 Å². The molecule has 0 radical (unpaired) electrons. The molecule has 0 aliphatic carbocycles. The van der Waals surface area contributed by atoms with E-state index in [0.717, 1.165) is 12.8 Å². The number of likely N-dealkylation sites (tertiary alicyclic amines) is 2. The summed E-state index contributed by atoms with van der Waals surface area (Å²) in [5.41, 5.74) is 5.99. The van der Waals surface area contributed by atoms with Crippen LogP contribution in [0.5, 0.6) is 0 Å². The van der Waals surface area contributed by atoms with Gasteiger partial charge in [-0.3, -0.25) is 15.0 Å². The van der Waals surface area contributed by atoms with E-state index in [-0.39, 0.29) is 30.4 Å². The third-order valence-electron chi connectivity index (χ3n) is 6.10. The first-order valence-electron chi connectivity index (χ1n) is 11.9. The summed E-state index contributed by atoms with van der Waals surface area (Å²) < 4.78 is 11.0. The number of nitrogens with two attached hydrogens (primary N) is 1. The van der Waals surface area contributed by atoms with E-state index in [1.807, 2.05) is 25.7 Å². The molecule has 1 aromatic rings. The Morgan fingerprint density at radius 1 is 1.00 bits per heavy atom. The second-order valence-corrected chi connectivity index (χ2v) is 9.92. The summed E-state index contributed by atoms with van der Waals surface area (Å²) in [7, 11) is 0. The van der Waals surface area contributed by atoms with Crippen molar-refractivity contribution in [2.45, 2.75) is 70.6 Å². The highest BCUT2D eigenvalue weighted by atomic mass is 16.6. The van der Waals surface area contributed by atoms with E-state index in [4.69, 9.17) is 20.6 Å². The predicted octanol–water partition coefficient (Wildman–Crippen LogP) is 2.31. The molecule has 0 saturated carbocycles. The van der Waals surface area contributed by atoms with Crippen LogP contribution >= 0.6 is 0 Å². The minimum atomic E-state index is -0.547. The van der Waals surface area contributed by atoms with Crippen LogP contribution in [0, 0.1) is 5.41 Å². The van der Waals surface area contributed by atoms with Crippen LogP contribution in [0.2, 0.25) is 0 Å². The highest BCUT2D eigenvalue weighted by Gasteiger charge is 2.36. The van der Waals surface area contributed by atoms with Crippen LogP contribution in [0.15, 0.2) is 24.3 Å². The zero-order valence-corrected chi connectivity index (χ0v) is 20.3. The van der Waals surface area contributed by atoms with E-state index in [1.54, 1.807) is 29.2 Å². The number of nitrogens with zero attached hydrogens (tertiary/aromatic N) is 2. The first-order chi connectivity index (χ1) is 16.0. The van der Waals surface area contributed by atoms with Crippen molar-refractivity contribution in [3.63, 3.8) is 0 Å². The van der Waals surface area contributed by atoms with Crippen molar-refractivity contribution in [1.29, 1.82) is 5.41 Å². The number of hydrogen-bond acceptors (Lipinski definition) is 6. The lowest BCUT2D eigenvalue weighted by Crippen LogP contribution is -2.54. The predicted molar refractivity (Wildman–Crippen MR) is 128 cm³/mol. The smallest absolute Gasteiger partial charge is 0.332 e. The molecule has 186 valence electrons. The average Bonchev–Trinajstić information content (AvgIpc) is 2.81. The topological polar surface area (TPSA) is 126 Å². The molecule has 0 bridgehead atoms. The highest BCUT2D eigenvalue weighted by molar-refractivity contribution is 6.00. The van der Waals surface area contributed by atoms with Gasteiger partial charge in [0.2, 0.25) is 5.91 Å². The van der Waals surface area contributed by atoms with Gasteiger partial charge in [0.1, 0.15) is 24.1 Å². The molecule has 2 aliphatic rings. The first-order valence-corrected chi connectivity index (χ1v) is 11.9. The molecular weight excluding hydrogens is 436 g/mol. The number of nitrogen functional groups attached to an aromatic ring is 1. The molecule has 2 saturated heterocycles. The van der Waals surface area contributed by atoms with E-state index < -0.39 is 17.6 Å². The Bertz CT molecular complexity index is 901. The number of amides is 2. The first kappa shape index (κ1) is 25.7. The fourth-order valence-corrected chi connectivity index (χ4v) is 4.40. The van der Waals surface area contributed by atoms with Crippen molar-refractivity contribution >= 4 is 23.6 Å². The summed E-state index contributed by atoms with van der Waals surface area (Å²) in [4.78, 5) is 41.9. The maximum Gasteiger partial charge on any atom is 0.332 e. The van der Waals surface area contributed by atoms with Crippen LogP contribution in [-0.4, -0.2) is 77.4 Å². The number of rotatable bonds is 6. The molecule has 0 spiro atoms. The Morgan fingerprint density at radius 2 is 1.62 bits per heavy atom. The van der Waals surface area contributed by atoms with Gasteiger partial charge in [0, 0.05) is 30.8 Å². The summed E-state index contributed by atoms with van der Waals surface area (Å²) >= 11 is 0. The number of piperidine rings is 2. The monoisotopic (exact) mass is 472 g/mol. The van der Waals surface area contributed by atoms with Crippen molar-refractivity contribution in [1.82, 2.24) is 9.80 Å². The molecule has 2 fully saturated rings. The zero-order chi connectivity index (χ0) is 24.9. The van der Waals surface area contributed by atoms with Crippen molar-refractivity contribution in [3.05, 3.63) is 35.4 Å². The molecule has 3 N–H and O–H groups in total. The van der Waals surface area contributed by atoms with Crippen molar-refractivity contribution < 1.29 is 23.9 Å². The van der Waals surface area contributed by atoms with Crippen molar-refractivity contribution in [3.8, 4) is 0 Å². The number of esters is 1. The second-order valence-electron chi connectivity index (χ2n) is 9.92. The van der Waals surface area contributed by atoms with Crippen LogP contribution in [-0.2, 0) is 19.1 Å². The lowest BCUT2D eigenvalue weighted by Gasteiger charge is -2.40. The van der Waals surface area contributed by atoms with Gasteiger partial charge in [0.15, 0.2) is 0 Å². The Balaban J connectivity index is 1.55. The van der Waals surface area contributed by atoms with Crippen LogP contribution in [0.3, 0.4) is 0 Å². The molecule has 0 aromatic heterocycles. The average molecular weight is 473 g/mol. The number of nitrogens with one attached hydrogen (secondary N) is 1. The van der Waals surface area contributed by atoms with E-state index >= 15 is 0 Å². The quantitative estimate of drug-likeness (QED) is 0.372. The fraction of sp³-hybridized carbons (Fsp3) is 0.600. The number of hydrogen-bond donors (Lipinski definition) is 2. The lowest BCUT2D eigenvalue weighted by molar-refractivity contribution is -0.163. The van der Waals surface area contributed by atoms with Gasteiger partial charge in [0.05, 0.1) is 6.10 Å². The summed E-state index contributed by atoms with van der Waals surface area (Å²) in [6, 6.07) is 6.13. The van der Waals surface area contributed by atoms with Crippen molar-refractivity contribution in [2.75, 3.05) is 26.2 Å². The maximum absolute atomic E-state index is 13.3. The van der Waals surface area contributed by atoms with E-state index in [1.165, 1.54) is 0 Å². The third-order valence-corrected chi connectivity index (χ3v) is 6.10. The van der Waals surface area contributed by atoms with Gasteiger partial charge >= 0.3 is 5.97 Å². The summed E-state index contributed by atoms with van der Waals surface area (Å²) in [5.74, 6) is -0.648. The highest BCUT2D eigenvalue weighted by Crippen LogP contribution is 2.24. The van der Waals surface area contributed by atoms with Gasteiger partial charge in [-0.1, -0.05) is 12.1 Å². The Morgan fingerprint density at radius 3 is 2.21 bits per heavy atom. The molecule has 2 heterocycles. The van der Waals surface area contributed by atoms with E-state index in [9.17, 15) is 14.4 Å². The minimum absolute atomic E-state index is 0.0287. The SMILES string of the molecule is CC(C)(C)OC(=O)COC1CCN(C(=O)C2CCCCN2C(=O)c2ccc(C(=N)N)cc2)CC1. The fourth-order valence-electron chi connectivity index (χ4n) is 4.40. The summed E-state index contributed by atoms with van der Waals surface area (Å²) in [6.07, 6.45) is 3.59. The van der Waals surface area contributed by atoms with Crippen LogP contribution in [0.4, 0.5) is 0 Å². The Kier molecular flexibility index (Phi) is 8.30. The Labute approximate surface area is 201 Å². The molecule has 1 atom stereocenters. The number of ether oxygens (including phenoxy) is 2. The van der Waals surface area contributed by atoms with Gasteiger partial charge in [-0.15, -0.1) is 0 Å². The van der Waals surface area contributed by atoms with E-state index in [2.05, 4.69) is 0 Å². The number of carbonyl (C=O) groups excluding carboxylic acids is 3. The summed E-state index contributed by atoms with van der Waals surface area (Å²) in [5, 5.41) is 7.51. The molecule has 1 unspecified atom stereocenters. The zero-order valence-electron chi connectivity index (χ0n) is 20.3. The largest absolute Gasteiger partial charge is 0.458 e. The molecule has 2 amide bonds. The third kappa shape index (κ3) is 6.79. The van der Waals surface area contributed by atoms with Gasteiger partial charge in [-0.25, -0.2) is 4.79 Å². The second kappa shape index (κ2) is 11.0. The van der Waals surface area contributed by atoms with Crippen LogP contribution < -0.4 is 5.73 Å². The number of carbonyl (C=O) groups is 3. The van der Waals surface area contributed by atoms with E-state index in [0.29, 0.717) is 50.0 Å². The maximum atomic E-state index is 13.3. The van der Waals surface area contributed by atoms with Gasteiger partial charge in [-0.05, 0) is 65.0 Å². The molecule has 3 rings (SSSR count). The molecule has 2 aliphatic heterocycles. The molecule has 1 aromatic carbocycles. The van der Waals surface area contributed by atoms with Crippen LogP contribution in [0.1, 0.15) is 68.8 Å². The van der Waals surface area contributed by atoms with Crippen molar-refractivity contribution in [2.24, 2.45) is 5.73 Å². The lowest BCUT2D eigenvalue weighted by atomic mass is 9.98. The van der Waals surface area contributed by atoms with Gasteiger partial charge in [0.25, 0.3) is 5.91 Å². The number of amidine groups is 1. The molecule has 34 heavy (non-hydrogen) atoms. The van der Waals surface area contributed by atoms with Crippen LogP contribution in [0.25, 0.3) is 0 Å². The standard InChI is InChI=1S/C25H36N4O5/c1-25(2,3)34-21(30)16-33-19-11-14-28(15-12-19)24(32)20-6-4-5-13-29(20)23(31)18-9-7-17(8-10-18)22(26)27/h7-10,19-20H,4-6,11-16H2,1-3H3,(H3,26,27). The molecule has 9 nitrogen and oxygen atoms in total. The number of benzene rings is 1. The minimum Gasteiger partial charge on any atom is -0.458 e. The normalized spacial score (nSPS) is 19.6. The Hall–Kier alpha value is -2.94. The molecular formula is C25H36N4O5. The summed E-state index contributed by atoms with van der Waals surface area (Å²) in [6.45, 7) is 6.95. The van der Waals surface area contributed by atoms with Gasteiger partial charge in [-0.2, -0.15) is 0 Å².